The third-order valence-corrected chi connectivity index (χ3v) is 6.65. The van der Waals surface area contributed by atoms with Crippen molar-refractivity contribution < 1.29 is 23.7 Å². The molecule has 0 aromatic heterocycles. The lowest BCUT2D eigenvalue weighted by Gasteiger charge is -2.41. The molecule has 4 rings (SSSR count). The van der Waals surface area contributed by atoms with Crippen LogP contribution in [0.25, 0.3) is 6.08 Å². The molecule has 0 radical (unpaired) electrons. The summed E-state index contributed by atoms with van der Waals surface area (Å²) in [5, 5.41) is 7.03. The van der Waals surface area contributed by atoms with Crippen LogP contribution in [0.1, 0.15) is 37.7 Å². The summed E-state index contributed by atoms with van der Waals surface area (Å²) < 4.78 is 28.8. The van der Waals surface area contributed by atoms with Crippen LogP contribution in [0.15, 0.2) is 24.3 Å². The minimum Gasteiger partial charge on any atom is -0.489 e. The number of benzene rings is 1. The van der Waals surface area contributed by atoms with Crippen LogP contribution >= 0.6 is 0 Å². The smallest absolute Gasteiger partial charge is 0.143 e. The quantitative estimate of drug-likeness (QED) is 0.412. The SMILES string of the molecule is C1=Cc2cccc(OCCOCCOCCOCCOC3CCCC4CCCNC43)c2NC1. The zero-order valence-electron chi connectivity index (χ0n) is 19.8. The van der Waals surface area contributed by atoms with Gasteiger partial charge < -0.3 is 34.3 Å². The normalized spacial score (nSPS) is 24.1. The Morgan fingerprint density at radius 2 is 1.58 bits per heavy atom. The first kappa shape index (κ1) is 24.5. The summed E-state index contributed by atoms with van der Waals surface area (Å²) in [6, 6.07) is 6.62. The molecule has 0 bridgehead atoms. The average Bonchev–Trinajstić information content (AvgIpc) is 2.87. The van der Waals surface area contributed by atoms with Crippen molar-refractivity contribution in [2.75, 3.05) is 71.3 Å². The van der Waals surface area contributed by atoms with Crippen molar-refractivity contribution in [3.8, 4) is 5.75 Å². The number of para-hydroxylation sites is 1. The lowest BCUT2D eigenvalue weighted by Crippen LogP contribution is -2.52. The van der Waals surface area contributed by atoms with E-state index in [1.54, 1.807) is 0 Å². The minimum atomic E-state index is 0.352. The highest BCUT2D eigenvalue weighted by atomic mass is 16.6. The molecule has 3 atom stereocenters. The summed E-state index contributed by atoms with van der Waals surface area (Å²) in [6.07, 6.45) is 11.0. The molecule has 1 saturated heterocycles. The van der Waals surface area contributed by atoms with E-state index in [1.165, 1.54) is 32.1 Å². The Balaban J connectivity index is 0.946. The van der Waals surface area contributed by atoms with Gasteiger partial charge in [0.2, 0.25) is 0 Å². The molecule has 1 saturated carbocycles. The Morgan fingerprint density at radius 1 is 0.818 bits per heavy atom. The second-order valence-electron chi connectivity index (χ2n) is 8.91. The van der Waals surface area contributed by atoms with Gasteiger partial charge in [-0.25, -0.2) is 0 Å². The van der Waals surface area contributed by atoms with Crippen molar-refractivity contribution in [2.45, 2.75) is 44.2 Å². The zero-order valence-corrected chi connectivity index (χ0v) is 19.8. The van der Waals surface area contributed by atoms with Crippen molar-refractivity contribution in [1.82, 2.24) is 5.32 Å². The Morgan fingerprint density at radius 3 is 2.42 bits per heavy atom. The third-order valence-electron chi connectivity index (χ3n) is 6.65. The van der Waals surface area contributed by atoms with E-state index in [1.807, 2.05) is 12.1 Å². The first-order valence-corrected chi connectivity index (χ1v) is 12.7. The van der Waals surface area contributed by atoms with Crippen LogP contribution in [0.5, 0.6) is 5.75 Å². The lowest BCUT2D eigenvalue weighted by molar-refractivity contribution is -0.0520. The Labute approximate surface area is 198 Å². The lowest BCUT2D eigenvalue weighted by atomic mass is 9.78. The monoisotopic (exact) mass is 460 g/mol. The first-order valence-electron chi connectivity index (χ1n) is 12.7. The molecule has 7 heteroatoms. The van der Waals surface area contributed by atoms with Crippen molar-refractivity contribution in [3.63, 3.8) is 0 Å². The second-order valence-corrected chi connectivity index (χ2v) is 8.91. The van der Waals surface area contributed by atoms with Gasteiger partial charge in [-0.3, -0.25) is 0 Å². The van der Waals surface area contributed by atoms with Gasteiger partial charge in [0.25, 0.3) is 0 Å². The van der Waals surface area contributed by atoms with E-state index in [4.69, 9.17) is 23.7 Å². The highest BCUT2D eigenvalue weighted by molar-refractivity contribution is 5.75. The summed E-state index contributed by atoms with van der Waals surface area (Å²) in [5.41, 5.74) is 2.22. The summed E-state index contributed by atoms with van der Waals surface area (Å²) >= 11 is 0. The molecule has 1 aliphatic carbocycles. The molecule has 3 aliphatic rings. The summed E-state index contributed by atoms with van der Waals surface area (Å²) in [7, 11) is 0. The first-order chi connectivity index (χ1) is 16.4. The van der Waals surface area contributed by atoms with Gasteiger partial charge in [0.15, 0.2) is 0 Å². The number of rotatable bonds is 14. The topological polar surface area (TPSA) is 70.2 Å². The van der Waals surface area contributed by atoms with Crippen LogP contribution in [-0.2, 0) is 18.9 Å². The van der Waals surface area contributed by atoms with Crippen molar-refractivity contribution in [3.05, 3.63) is 29.8 Å². The standard InChI is InChI=1S/C26H40N2O5/c1-5-21-7-3-11-27-25(21)23(9-1)32-19-17-30-15-13-29-14-16-31-18-20-33-24-10-2-6-22-8-4-12-28-26(22)24/h1,3,5,7,9,22,24,26-28H,2,4,6,8,10-20H2. The number of fused-ring (bicyclic) bond motifs is 2. The van der Waals surface area contributed by atoms with E-state index in [-0.39, 0.29) is 0 Å². The average molecular weight is 461 g/mol. The molecule has 2 fully saturated rings. The van der Waals surface area contributed by atoms with Gasteiger partial charge in [-0.05, 0) is 44.2 Å². The number of nitrogens with one attached hydrogen (secondary N) is 2. The molecule has 1 aromatic rings. The maximum Gasteiger partial charge on any atom is 0.143 e. The van der Waals surface area contributed by atoms with Crippen LogP contribution in [0.3, 0.4) is 0 Å². The van der Waals surface area contributed by atoms with Gasteiger partial charge in [-0.2, -0.15) is 0 Å². The zero-order chi connectivity index (χ0) is 22.6. The van der Waals surface area contributed by atoms with E-state index >= 15 is 0 Å². The fraction of sp³-hybridized carbons (Fsp3) is 0.692. The molecular weight excluding hydrogens is 420 g/mol. The molecule has 7 nitrogen and oxygen atoms in total. The molecule has 184 valence electrons. The predicted octanol–water partition coefficient (Wildman–Crippen LogP) is 3.49. The van der Waals surface area contributed by atoms with E-state index in [0.717, 1.165) is 36.0 Å². The maximum absolute atomic E-state index is 6.13. The van der Waals surface area contributed by atoms with E-state index in [2.05, 4.69) is 28.9 Å². The predicted molar refractivity (Wildman–Crippen MR) is 130 cm³/mol. The molecule has 0 spiro atoms. The summed E-state index contributed by atoms with van der Waals surface area (Å²) in [6.45, 7) is 6.58. The second kappa shape index (κ2) is 13.9. The molecule has 0 amide bonds. The van der Waals surface area contributed by atoms with Gasteiger partial charge in [0.05, 0.1) is 58.0 Å². The fourth-order valence-corrected chi connectivity index (χ4v) is 5.04. The van der Waals surface area contributed by atoms with Crippen molar-refractivity contribution >= 4 is 11.8 Å². The number of anilines is 1. The molecule has 2 heterocycles. The molecule has 2 aliphatic heterocycles. The summed E-state index contributed by atoms with van der Waals surface area (Å²) in [5.74, 6) is 1.68. The van der Waals surface area contributed by atoms with E-state index in [9.17, 15) is 0 Å². The van der Waals surface area contributed by atoms with Gasteiger partial charge in [-0.1, -0.05) is 30.7 Å². The van der Waals surface area contributed by atoms with Gasteiger partial charge >= 0.3 is 0 Å². The molecule has 33 heavy (non-hydrogen) atoms. The molecular formula is C26H40N2O5. The molecule has 2 N–H and O–H groups in total. The Bertz CT molecular complexity index is 727. The van der Waals surface area contributed by atoms with Gasteiger partial charge in [-0.15, -0.1) is 0 Å². The number of hydrogen-bond donors (Lipinski definition) is 2. The highest BCUT2D eigenvalue weighted by Gasteiger charge is 2.35. The van der Waals surface area contributed by atoms with Crippen LogP contribution in [-0.4, -0.2) is 78.1 Å². The van der Waals surface area contributed by atoms with Crippen LogP contribution in [0.2, 0.25) is 0 Å². The maximum atomic E-state index is 6.13. The fourth-order valence-electron chi connectivity index (χ4n) is 5.04. The highest BCUT2D eigenvalue weighted by Crippen LogP contribution is 2.32. The largest absolute Gasteiger partial charge is 0.489 e. The summed E-state index contributed by atoms with van der Waals surface area (Å²) in [4.78, 5) is 0. The van der Waals surface area contributed by atoms with E-state index in [0.29, 0.717) is 65.0 Å². The minimum absolute atomic E-state index is 0.352. The van der Waals surface area contributed by atoms with Crippen LogP contribution in [0, 0.1) is 5.92 Å². The van der Waals surface area contributed by atoms with Crippen molar-refractivity contribution in [2.24, 2.45) is 5.92 Å². The number of hydrogen-bond acceptors (Lipinski definition) is 7. The Kier molecular flexibility index (Phi) is 10.3. The molecule has 1 aromatic carbocycles. The third kappa shape index (κ3) is 7.69. The van der Waals surface area contributed by atoms with Crippen LogP contribution in [0.4, 0.5) is 5.69 Å². The van der Waals surface area contributed by atoms with Gasteiger partial charge in [0, 0.05) is 18.2 Å². The van der Waals surface area contributed by atoms with Crippen molar-refractivity contribution in [1.29, 1.82) is 0 Å². The molecule has 3 unspecified atom stereocenters. The Hall–Kier alpha value is -1.64. The van der Waals surface area contributed by atoms with Crippen LogP contribution < -0.4 is 15.4 Å². The van der Waals surface area contributed by atoms with E-state index < -0.39 is 0 Å². The number of piperidine rings is 1. The van der Waals surface area contributed by atoms with Gasteiger partial charge in [0.1, 0.15) is 12.4 Å². The number of ether oxygens (including phenoxy) is 5.